The van der Waals surface area contributed by atoms with Gasteiger partial charge in [0.2, 0.25) is 0 Å². The number of nitrogens with zero attached hydrogens (tertiary/aromatic N) is 3. The summed E-state index contributed by atoms with van der Waals surface area (Å²) in [7, 11) is 0. The molecule has 0 aliphatic carbocycles. The fourth-order valence-corrected chi connectivity index (χ4v) is 11.3. The molecule has 15 rings (SSSR count). The van der Waals surface area contributed by atoms with Crippen LogP contribution in [-0.2, 0) is 0 Å². The van der Waals surface area contributed by atoms with Gasteiger partial charge in [0, 0.05) is 65.1 Å². The Kier molecular flexibility index (Phi) is 5.41. The van der Waals surface area contributed by atoms with Crippen molar-refractivity contribution in [3.05, 3.63) is 188 Å². The topological polar surface area (TPSA) is 13.8 Å². The number of fused-ring (bicyclic) bond motifs is 19. The number of para-hydroxylation sites is 4. The van der Waals surface area contributed by atoms with Crippen LogP contribution in [0, 0.1) is 0 Å². The molecule has 5 aromatic heterocycles. The maximum atomic E-state index is 2.61. The smallest absolute Gasteiger partial charge is 0.0627 e. The summed E-state index contributed by atoms with van der Waals surface area (Å²) in [6.45, 7) is 0. The molecule has 5 heterocycles. The van der Waals surface area contributed by atoms with Gasteiger partial charge in [0.15, 0.2) is 0 Å². The highest BCUT2D eigenvalue weighted by Gasteiger charge is 2.25. The number of benzene rings is 10. The van der Waals surface area contributed by atoms with Gasteiger partial charge in [-0.3, -0.25) is 0 Å². The zero-order valence-corrected chi connectivity index (χ0v) is 31.7. The first-order chi connectivity index (χ1) is 29.3. The van der Waals surface area contributed by atoms with E-state index in [2.05, 4.69) is 201 Å². The van der Waals surface area contributed by atoms with Gasteiger partial charge in [0.25, 0.3) is 0 Å². The number of rotatable bonds is 2. The van der Waals surface area contributed by atoms with Crippen LogP contribution >= 0.6 is 0 Å². The molecule has 270 valence electrons. The minimum atomic E-state index is 1.17. The SMILES string of the molecule is c1ccc(-n2c3ccccc3c3cc(-c4cccc5c6cc7ccccc7c7c8cc9c(cc8n(c45)c67)c4cccc5c6c7ccccc7ccc6n9c45)ccc32)cc1. The van der Waals surface area contributed by atoms with Crippen LogP contribution in [0.4, 0.5) is 0 Å². The molecule has 0 unspecified atom stereocenters. The van der Waals surface area contributed by atoms with Crippen LogP contribution in [0.5, 0.6) is 0 Å². The summed E-state index contributed by atoms with van der Waals surface area (Å²) in [6, 6.07) is 70.3. The van der Waals surface area contributed by atoms with E-state index in [1.165, 1.54) is 136 Å². The molecule has 0 fully saturated rings. The van der Waals surface area contributed by atoms with Crippen molar-refractivity contribution < 1.29 is 0 Å². The van der Waals surface area contributed by atoms with Crippen LogP contribution in [0.3, 0.4) is 0 Å². The van der Waals surface area contributed by atoms with Crippen LogP contribution in [0.2, 0.25) is 0 Å². The molecule has 0 N–H and O–H groups in total. The quantitative estimate of drug-likeness (QED) is 0.167. The second kappa shape index (κ2) is 10.5. The Labute approximate surface area is 336 Å². The number of hydrogen-bond donors (Lipinski definition) is 0. The number of aromatic nitrogens is 3. The van der Waals surface area contributed by atoms with Crippen molar-refractivity contribution in [1.82, 2.24) is 13.4 Å². The highest BCUT2D eigenvalue weighted by molar-refractivity contribution is 6.35. The minimum Gasteiger partial charge on any atom is -0.309 e. The predicted octanol–water partition coefficient (Wildman–Crippen LogP) is 15.1. The van der Waals surface area contributed by atoms with Crippen LogP contribution < -0.4 is 0 Å². The first kappa shape index (κ1) is 30.3. The van der Waals surface area contributed by atoms with E-state index in [-0.39, 0.29) is 0 Å². The van der Waals surface area contributed by atoms with Gasteiger partial charge < -0.3 is 13.4 Å². The average molecular weight is 746 g/mol. The summed E-state index contributed by atoms with van der Waals surface area (Å²) in [5.41, 5.74) is 13.7. The van der Waals surface area contributed by atoms with Crippen molar-refractivity contribution in [2.75, 3.05) is 0 Å². The molecule has 0 aliphatic heterocycles. The highest BCUT2D eigenvalue weighted by atomic mass is 15.0. The van der Waals surface area contributed by atoms with E-state index in [1.807, 2.05) is 0 Å². The van der Waals surface area contributed by atoms with Gasteiger partial charge in [0.05, 0.1) is 44.1 Å². The van der Waals surface area contributed by atoms with E-state index in [0.29, 0.717) is 0 Å². The Morgan fingerprint density at radius 2 is 0.898 bits per heavy atom. The largest absolute Gasteiger partial charge is 0.309 e. The zero-order valence-electron chi connectivity index (χ0n) is 31.7. The van der Waals surface area contributed by atoms with E-state index in [1.54, 1.807) is 0 Å². The van der Waals surface area contributed by atoms with Crippen LogP contribution in [0.1, 0.15) is 0 Å². The molecule has 15 aromatic rings. The molecule has 3 heteroatoms. The normalized spacial score (nSPS) is 12.7. The first-order valence-electron chi connectivity index (χ1n) is 20.5. The molecule has 0 bridgehead atoms. The predicted molar refractivity (Wildman–Crippen MR) is 251 cm³/mol. The van der Waals surface area contributed by atoms with E-state index < -0.39 is 0 Å². The Hall–Kier alpha value is -7.88. The summed E-state index contributed by atoms with van der Waals surface area (Å²) in [5.74, 6) is 0. The lowest BCUT2D eigenvalue weighted by Gasteiger charge is -2.09. The molecule has 10 aromatic carbocycles. The molecule has 0 amide bonds. The van der Waals surface area contributed by atoms with E-state index in [0.717, 1.165) is 0 Å². The molecule has 59 heavy (non-hydrogen) atoms. The second-order valence-corrected chi connectivity index (χ2v) is 16.4. The Balaban J connectivity index is 1.10. The van der Waals surface area contributed by atoms with Crippen LogP contribution in [0.15, 0.2) is 188 Å². The lowest BCUT2D eigenvalue weighted by molar-refractivity contribution is 1.18. The van der Waals surface area contributed by atoms with E-state index in [4.69, 9.17) is 0 Å². The summed E-state index contributed by atoms with van der Waals surface area (Å²) in [5, 5.41) is 18.1. The van der Waals surface area contributed by atoms with Gasteiger partial charge in [-0.05, 0) is 81.7 Å². The van der Waals surface area contributed by atoms with Gasteiger partial charge in [-0.2, -0.15) is 0 Å². The van der Waals surface area contributed by atoms with Crippen LogP contribution in [-0.4, -0.2) is 13.4 Å². The molecular weight excluding hydrogens is 715 g/mol. The molecule has 0 radical (unpaired) electrons. The standard InChI is InChI=1S/C56H31N3/c1-2-14-35(15-3-1)57-47-23-9-8-18-39(47)43-28-34(25-26-48(43)57)38-19-10-21-41-45-29-33-13-5-7-17-37(33)53-46-31-50-44(30-51(46)59(54(38)41)56(45)53)40-20-11-22-42-52-36-16-6-4-12-32(36)24-27-49(52)58(50)55(40)42/h1-31H. The zero-order chi connectivity index (χ0) is 38.1. The third kappa shape index (κ3) is 3.62. The van der Waals surface area contributed by atoms with E-state index >= 15 is 0 Å². The van der Waals surface area contributed by atoms with Gasteiger partial charge in [-0.1, -0.05) is 133 Å². The molecule has 0 spiro atoms. The number of hydrogen-bond acceptors (Lipinski definition) is 0. The van der Waals surface area contributed by atoms with Gasteiger partial charge >= 0.3 is 0 Å². The first-order valence-corrected chi connectivity index (χ1v) is 20.5. The molecule has 0 saturated heterocycles. The highest BCUT2D eigenvalue weighted by Crippen LogP contribution is 2.49. The Morgan fingerprint density at radius 3 is 1.78 bits per heavy atom. The van der Waals surface area contributed by atoms with Crippen molar-refractivity contribution in [3.63, 3.8) is 0 Å². The monoisotopic (exact) mass is 745 g/mol. The van der Waals surface area contributed by atoms with Crippen molar-refractivity contribution in [1.29, 1.82) is 0 Å². The Morgan fingerprint density at radius 1 is 0.271 bits per heavy atom. The maximum Gasteiger partial charge on any atom is 0.0627 e. The van der Waals surface area contributed by atoms with Crippen molar-refractivity contribution in [3.8, 4) is 16.8 Å². The van der Waals surface area contributed by atoms with Crippen molar-refractivity contribution >= 4 is 120 Å². The third-order valence-corrected chi connectivity index (χ3v) is 13.6. The lowest BCUT2D eigenvalue weighted by atomic mass is 9.97. The molecule has 0 saturated carbocycles. The van der Waals surface area contributed by atoms with Gasteiger partial charge in [-0.15, -0.1) is 0 Å². The van der Waals surface area contributed by atoms with E-state index in [9.17, 15) is 0 Å². The second-order valence-electron chi connectivity index (χ2n) is 16.4. The summed E-state index contributed by atoms with van der Waals surface area (Å²) < 4.78 is 7.55. The van der Waals surface area contributed by atoms with Gasteiger partial charge in [-0.25, -0.2) is 0 Å². The average Bonchev–Trinajstić information content (AvgIpc) is 4.08. The summed E-state index contributed by atoms with van der Waals surface area (Å²) in [6.07, 6.45) is 0. The fraction of sp³-hybridized carbons (Fsp3) is 0. The third-order valence-electron chi connectivity index (χ3n) is 13.6. The fourth-order valence-electron chi connectivity index (χ4n) is 11.3. The summed E-state index contributed by atoms with van der Waals surface area (Å²) in [4.78, 5) is 0. The van der Waals surface area contributed by atoms with Crippen molar-refractivity contribution in [2.45, 2.75) is 0 Å². The van der Waals surface area contributed by atoms with Gasteiger partial charge in [0.1, 0.15) is 0 Å². The lowest BCUT2D eigenvalue weighted by Crippen LogP contribution is -1.93. The Bertz CT molecular complexity index is 4290. The van der Waals surface area contributed by atoms with Crippen LogP contribution in [0.25, 0.3) is 136 Å². The van der Waals surface area contributed by atoms with Crippen molar-refractivity contribution in [2.24, 2.45) is 0 Å². The molecule has 0 atom stereocenters. The molecule has 0 aliphatic rings. The summed E-state index contributed by atoms with van der Waals surface area (Å²) >= 11 is 0. The molecular formula is C56H31N3. The minimum absolute atomic E-state index is 1.17. The molecule has 3 nitrogen and oxygen atoms in total. The maximum absolute atomic E-state index is 2.61.